The molecule has 1 saturated heterocycles. The van der Waals surface area contributed by atoms with Gasteiger partial charge in [-0.15, -0.1) is 0 Å². The average Bonchev–Trinajstić information content (AvgIpc) is 3.00. The summed E-state index contributed by atoms with van der Waals surface area (Å²) in [7, 11) is 3.25. The number of carboxylic acids is 1. The number of rotatable bonds is 7. The molecular weight excluding hydrogens is 284 g/mol. The summed E-state index contributed by atoms with van der Waals surface area (Å²) in [6.45, 7) is 4.10. The molecule has 1 aromatic carbocycles. The van der Waals surface area contributed by atoms with Crippen molar-refractivity contribution in [2.45, 2.75) is 19.4 Å². The van der Waals surface area contributed by atoms with E-state index in [9.17, 15) is 9.90 Å². The van der Waals surface area contributed by atoms with Gasteiger partial charge in [0.15, 0.2) is 0 Å². The molecule has 1 aliphatic rings. The molecule has 0 spiro atoms. The summed E-state index contributed by atoms with van der Waals surface area (Å²) in [6, 6.07) is 5.20. The number of hydrogen-bond donors (Lipinski definition) is 2. The van der Waals surface area contributed by atoms with Crippen LogP contribution in [0.3, 0.4) is 0 Å². The average molecular weight is 308 g/mol. The van der Waals surface area contributed by atoms with Gasteiger partial charge in [0.05, 0.1) is 19.9 Å². The van der Waals surface area contributed by atoms with Crippen molar-refractivity contribution in [1.29, 1.82) is 0 Å². The standard InChI is InChI=1S/C16H24N2O4/c1-4-17-15(16(19)20)11-7-8-18(10-11)13-6-5-12(21-2)9-14(13)22-3/h5-6,9,11,15,17H,4,7-8,10H2,1-3H3,(H,19,20). The number of nitrogens with one attached hydrogen (secondary N) is 1. The molecule has 1 fully saturated rings. The highest BCUT2D eigenvalue weighted by Crippen LogP contribution is 2.35. The maximum Gasteiger partial charge on any atom is 0.321 e. The fraction of sp³-hybridized carbons (Fsp3) is 0.562. The number of carbonyl (C=O) groups is 1. The van der Waals surface area contributed by atoms with E-state index >= 15 is 0 Å². The van der Waals surface area contributed by atoms with E-state index in [1.807, 2.05) is 25.1 Å². The maximum atomic E-state index is 11.4. The molecule has 6 heteroatoms. The van der Waals surface area contributed by atoms with Crippen molar-refractivity contribution >= 4 is 11.7 Å². The first-order valence-corrected chi connectivity index (χ1v) is 7.53. The van der Waals surface area contributed by atoms with E-state index in [0.29, 0.717) is 13.1 Å². The van der Waals surface area contributed by atoms with Crippen LogP contribution in [0.25, 0.3) is 0 Å². The van der Waals surface area contributed by atoms with E-state index in [4.69, 9.17) is 9.47 Å². The molecule has 22 heavy (non-hydrogen) atoms. The van der Waals surface area contributed by atoms with Crippen LogP contribution in [-0.4, -0.2) is 51.0 Å². The number of anilines is 1. The Hall–Kier alpha value is -1.95. The van der Waals surface area contributed by atoms with Crippen molar-refractivity contribution in [3.63, 3.8) is 0 Å². The molecule has 0 amide bonds. The monoisotopic (exact) mass is 308 g/mol. The van der Waals surface area contributed by atoms with E-state index in [1.165, 1.54) is 0 Å². The van der Waals surface area contributed by atoms with Gasteiger partial charge in [-0.3, -0.25) is 4.79 Å². The first kappa shape index (κ1) is 16.4. The Morgan fingerprint density at radius 3 is 2.82 bits per heavy atom. The van der Waals surface area contributed by atoms with Gasteiger partial charge in [0, 0.05) is 25.1 Å². The van der Waals surface area contributed by atoms with Crippen LogP contribution >= 0.6 is 0 Å². The number of carboxylic acid groups (broad SMARTS) is 1. The Balaban J connectivity index is 2.14. The highest BCUT2D eigenvalue weighted by Gasteiger charge is 2.34. The quantitative estimate of drug-likeness (QED) is 0.797. The number of benzene rings is 1. The number of nitrogens with zero attached hydrogens (tertiary/aromatic N) is 1. The van der Waals surface area contributed by atoms with Gasteiger partial charge in [0.25, 0.3) is 0 Å². The number of ether oxygens (including phenoxy) is 2. The molecule has 2 atom stereocenters. The smallest absolute Gasteiger partial charge is 0.321 e. The maximum absolute atomic E-state index is 11.4. The Morgan fingerprint density at radius 1 is 1.45 bits per heavy atom. The Morgan fingerprint density at radius 2 is 2.23 bits per heavy atom. The minimum atomic E-state index is -0.782. The van der Waals surface area contributed by atoms with Crippen LogP contribution in [0, 0.1) is 5.92 Å². The predicted octanol–water partition coefficient (Wildman–Crippen LogP) is 1.59. The topological polar surface area (TPSA) is 71.0 Å². The second-order valence-corrected chi connectivity index (χ2v) is 5.41. The third-order valence-corrected chi connectivity index (χ3v) is 4.11. The van der Waals surface area contributed by atoms with Gasteiger partial charge in [-0.05, 0) is 25.1 Å². The van der Waals surface area contributed by atoms with Gasteiger partial charge < -0.3 is 24.8 Å². The first-order valence-electron chi connectivity index (χ1n) is 7.53. The molecule has 1 heterocycles. The van der Waals surface area contributed by atoms with E-state index in [2.05, 4.69) is 10.2 Å². The van der Waals surface area contributed by atoms with Crippen molar-refractivity contribution < 1.29 is 19.4 Å². The molecule has 0 radical (unpaired) electrons. The number of hydrogen-bond acceptors (Lipinski definition) is 5. The molecule has 2 N–H and O–H groups in total. The van der Waals surface area contributed by atoms with Gasteiger partial charge in [0.2, 0.25) is 0 Å². The molecule has 0 aliphatic carbocycles. The van der Waals surface area contributed by atoms with Crippen molar-refractivity contribution in [2.24, 2.45) is 5.92 Å². The van der Waals surface area contributed by atoms with E-state index in [0.717, 1.165) is 30.2 Å². The third kappa shape index (κ3) is 3.44. The molecule has 6 nitrogen and oxygen atoms in total. The summed E-state index contributed by atoms with van der Waals surface area (Å²) in [4.78, 5) is 13.6. The molecule has 2 rings (SSSR count). The lowest BCUT2D eigenvalue weighted by Crippen LogP contribution is -2.43. The highest BCUT2D eigenvalue weighted by molar-refractivity contribution is 5.74. The Labute approximate surface area is 131 Å². The van der Waals surface area contributed by atoms with Gasteiger partial charge in [0.1, 0.15) is 17.5 Å². The van der Waals surface area contributed by atoms with Crippen molar-refractivity contribution in [1.82, 2.24) is 5.32 Å². The van der Waals surface area contributed by atoms with Gasteiger partial charge in [-0.2, -0.15) is 0 Å². The molecule has 0 bridgehead atoms. The summed E-state index contributed by atoms with van der Waals surface area (Å²) >= 11 is 0. The summed E-state index contributed by atoms with van der Waals surface area (Å²) in [5.74, 6) is 0.794. The lowest BCUT2D eigenvalue weighted by Gasteiger charge is -2.24. The van der Waals surface area contributed by atoms with Crippen molar-refractivity contribution in [3.8, 4) is 11.5 Å². The van der Waals surface area contributed by atoms with Crippen LogP contribution in [0.2, 0.25) is 0 Å². The summed E-state index contributed by atoms with van der Waals surface area (Å²) in [5, 5.41) is 12.4. The first-order chi connectivity index (χ1) is 10.6. The van der Waals surface area contributed by atoms with Crippen molar-refractivity contribution in [3.05, 3.63) is 18.2 Å². The van der Waals surface area contributed by atoms with E-state index < -0.39 is 12.0 Å². The molecule has 1 aromatic rings. The number of likely N-dealkylation sites (N-methyl/N-ethyl adjacent to an activating group) is 1. The fourth-order valence-corrected chi connectivity index (χ4v) is 3.00. The van der Waals surface area contributed by atoms with E-state index in [1.54, 1.807) is 14.2 Å². The number of aliphatic carboxylic acids is 1. The molecule has 122 valence electrons. The zero-order valence-corrected chi connectivity index (χ0v) is 13.3. The van der Waals surface area contributed by atoms with Gasteiger partial charge in [-0.1, -0.05) is 6.92 Å². The van der Waals surface area contributed by atoms with Crippen molar-refractivity contribution in [2.75, 3.05) is 38.8 Å². The molecule has 1 aliphatic heterocycles. The second kappa shape index (κ2) is 7.35. The van der Waals surface area contributed by atoms with Crippen LogP contribution < -0.4 is 19.7 Å². The van der Waals surface area contributed by atoms with Crippen LogP contribution in [0.15, 0.2) is 18.2 Å². The van der Waals surface area contributed by atoms with Crippen LogP contribution in [0.5, 0.6) is 11.5 Å². The molecule has 0 saturated carbocycles. The minimum Gasteiger partial charge on any atom is -0.497 e. The highest BCUT2D eigenvalue weighted by atomic mass is 16.5. The zero-order valence-electron chi connectivity index (χ0n) is 13.3. The molecule has 0 aromatic heterocycles. The van der Waals surface area contributed by atoms with Crippen LogP contribution in [-0.2, 0) is 4.79 Å². The Bertz CT molecular complexity index is 521. The molecular formula is C16H24N2O4. The Kier molecular flexibility index (Phi) is 5.49. The fourth-order valence-electron chi connectivity index (χ4n) is 3.00. The zero-order chi connectivity index (χ0) is 16.1. The van der Waals surface area contributed by atoms with Crippen LogP contribution in [0.1, 0.15) is 13.3 Å². The number of methoxy groups -OCH3 is 2. The van der Waals surface area contributed by atoms with Gasteiger partial charge in [-0.25, -0.2) is 0 Å². The van der Waals surface area contributed by atoms with Crippen LogP contribution in [0.4, 0.5) is 5.69 Å². The molecule has 2 unspecified atom stereocenters. The SMILES string of the molecule is CCNC(C(=O)O)C1CCN(c2ccc(OC)cc2OC)C1. The summed E-state index contributed by atoms with van der Waals surface area (Å²) in [6.07, 6.45) is 0.846. The summed E-state index contributed by atoms with van der Waals surface area (Å²) in [5.41, 5.74) is 0.978. The van der Waals surface area contributed by atoms with Gasteiger partial charge >= 0.3 is 5.97 Å². The lowest BCUT2D eigenvalue weighted by molar-refractivity contribution is -0.140. The van der Waals surface area contributed by atoms with E-state index in [-0.39, 0.29) is 5.92 Å². The summed E-state index contributed by atoms with van der Waals surface area (Å²) < 4.78 is 10.6. The predicted molar refractivity (Wildman–Crippen MR) is 85.0 cm³/mol. The normalized spacial score (nSPS) is 19.0. The largest absolute Gasteiger partial charge is 0.497 e. The minimum absolute atomic E-state index is 0.0873. The lowest BCUT2D eigenvalue weighted by atomic mass is 9.99. The second-order valence-electron chi connectivity index (χ2n) is 5.41. The third-order valence-electron chi connectivity index (χ3n) is 4.11.